The molecule has 0 aliphatic carbocycles. The van der Waals surface area contributed by atoms with Crippen molar-refractivity contribution < 1.29 is 0 Å². The third-order valence-electron chi connectivity index (χ3n) is 1.81. The van der Waals surface area contributed by atoms with Crippen molar-refractivity contribution in [2.75, 3.05) is 0 Å². The number of unbranched alkanes of at least 4 members (excludes halogenated alkanes) is 5. The van der Waals surface area contributed by atoms with E-state index in [9.17, 15) is 0 Å². The fourth-order valence-electron chi connectivity index (χ4n) is 1.11. The summed E-state index contributed by atoms with van der Waals surface area (Å²) in [6.07, 6.45) is 7.65. The Morgan fingerprint density at radius 2 is 1.31 bits per heavy atom. The van der Waals surface area contributed by atoms with E-state index in [1.54, 1.807) is 0 Å². The van der Waals surface area contributed by atoms with Crippen molar-refractivity contribution in [1.29, 1.82) is 0 Å². The quantitative estimate of drug-likeness (QED) is 0.387. The van der Waals surface area contributed by atoms with E-state index in [4.69, 9.17) is 26.8 Å². The molecule has 0 nitrogen and oxygen atoms in total. The van der Waals surface area contributed by atoms with Crippen LogP contribution in [0.3, 0.4) is 0 Å². The monoisotopic (exact) mass is 458 g/mol. The third-order valence-corrected chi connectivity index (χ3v) is 8.24. The predicted octanol–water partition coefficient (Wildman–Crippen LogP) is 4.62. The summed E-state index contributed by atoms with van der Waals surface area (Å²) in [6, 6.07) is 0. The molecule has 0 spiro atoms. The third kappa shape index (κ3) is 17.1. The van der Waals surface area contributed by atoms with Crippen LogP contribution in [-0.4, -0.2) is 38.9 Å². The molecule has 0 saturated carbocycles. The SMILES string of the molecule is CCCCCCC[CH2][Sn]([Cl])([Cl])[Cl].[Sn]. The molecule has 0 rings (SSSR count). The zero-order valence-electron chi connectivity index (χ0n) is 8.08. The van der Waals surface area contributed by atoms with Gasteiger partial charge in [0.25, 0.3) is 0 Å². The van der Waals surface area contributed by atoms with Gasteiger partial charge in [-0.25, -0.2) is 0 Å². The van der Waals surface area contributed by atoms with Crippen LogP contribution in [0.25, 0.3) is 0 Å². The van der Waals surface area contributed by atoms with Crippen LogP contribution < -0.4 is 0 Å². The summed E-state index contributed by atoms with van der Waals surface area (Å²) in [4.78, 5) is 0. The molecule has 0 bridgehead atoms. The van der Waals surface area contributed by atoms with Crippen molar-refractivity contribution in [3.05, 3.63) is 0 Å². The first-order valence-corrected chi connectivity index (χ1v) is 17.5. The summed E-state index contributed by atoms with van der Waals surface area (Å²) in [6.45, 7) is 2.22. The van der Waals surface area contributed by atoms with Gasteiger partial charge in [-0.15, -0.1) is 0 Å². The summed E-state index contributed by atoms with van der Waals surface area (Å²) in [5.74, 6) is 0. The van der Waals surface area contributed by atoms with Gasteiger partial charge in [-0.2, -0.15) is 0 Å². The molecule has 78 valence electrons. The van der Waals surface area contributed by atoms with Gasteiger partial charge in [-0.05, 0) is 0 Å². The van der Waals surface area contributed by atoms with Crippen molar-refractivity contribution in [2.45, 2.75) is 49.9 Å². The predicted molar refractivity (Wildman–Crippen MR) is 67.3 cm³/mol. The van der Waals surface area contributed by atoms with E-state index in [1.807, 2.05) is 0 Å². The second-order valence-electron chi connectivity index (χ2n) is 3.13. The minimum absolute atomic E-state index is 0. The van der Waals surface area contributed by atoms with E-state index in [-0.39, 0.29) is 23.9 Å². The molecule has 0 saturated heterocycles. The van der Waals surface area contributed by atoms with E-state index < -0.39 is 15.0 Å². The maximum Gasteiger partial charge on any atom is 0 e. The van der Waals surface area contributed by atoms with E-state index in [0.717, 1.165) is 10.9 Å². The van der Waals surface area contributed by atoms with Crippen molar-refractivity contribution in [2.24, 2.45) is 0 Å². The van der Waals surface area contributed by atoms with Crippen LogP contribution in [-0.2, 0) is 0 Å². The van der Waals surface area contributed by atoms with Gasteiger partial charge < -0.3 is 0 Å². The fourth-order valence-corrected chi connectivity index (χ4v) is 5.65. The van der Waals surface area contributed by atoms with Crippen LogP contribution >= 0.6 is 26.8 Å². The molecule has 0 aromatic rings. The number of hydrogen-bond donors (Lipinski definition) is 0. The molecular weight excluding hydrogens is 440 g/mol. The smallest absolute Gasteiger partial charge is 0 e. The van der Waals surface area contributed by atoms with Gasteiger partial charge in [0.1, 0.15) is 0 Å². The van der Waals surface area contributed by atoms with Gasteiger partial charge in [0.05, 0.1) is 0 Å². The topological polar surface area (TPSA) is 0 Å². The Balaban J connectivity index is 0. The van der Waals surface area contributed by atoms with Crippen LogP contribution in [0.4, 0.5) is 0 Å². The standard InChI is InChI=1S/C8H17.3ClH.2Sn/c1-3-5-7-8-6-4-2;;;;;/h1,3-8H2,2H3;3*1H;;/q;;;;;+3/p-3. The molecule has 0 N–H and O–H groups in total. The molecule has 0 aliphatic heterocycles. The maximum atomic E-state index is 5.81. The van der Waals surface area contributed by atoms with Crippen LogP contribution in [0.1, 0.15) is 45.4 Å². The Labute approximate surface area is 114 Å². The average Bonchev–Trinajstić information content (AvgIpc) is 1.94. The molecule has 0 amide bonds. The second kappa shape index (κ2) is 11.0. The summed E-state index contributed by atoms with van der Waals surface area (Å²) in [5, 5.41) is 0. The van der Waals surface area contributed by atoms with Crippen molar-refractivity contribution in [3.8, 4) is 0 Å². The first-order chi connectivity index (χ1) is 5.56. The summed E-state index contributed by atoms with van der Waals surface area (Å²) < 4.78 is 0.894. The molecule has 0 fully saturated rings. The molecule has 13 heavy (non-hydrogen) atoms. The first kappa shape index (κ1) is 17.8. The number of hydrogen-bond acceptors (Lipinski definition) is 0. The van der Waals surface area contributed by atoms with E-state index in [1.165, 1.54) is 32.1 Å². The van der Waals surface area contributed by atoms with Gasteiger partial charge in [-0.1, -0.05) is 0 Å². The van der Waals surface area contributed by atoms with Gasteiger partial charge in [0.2, 0.25) is 0 Å². The minimum Gasteiger partial charge on any atom is 0 e. The Morgan fingerprint density at radius 1 is 0.846 bits per heavy atom. The zero-order valence-corrected chi connectivity index (χ0v) is 16.1. The van der Waals surface area contributed by atoms with Gasteiger partial charge in [0, 0.05) is 23.9 Å². The molecule has 4 radical (unpaired) electrons. The normalized spacial score (nSPS) is 11.1. The molecular formula is C8H17Cl3Sn2. The first-order valence-electron chi connectivity index (χ1n) is 4.63. The van der Waals surface area contributed by atoms with E-state index in [0.29, 0.717) is 0 Å². The van der Waals surface area contributed by atoms with Crippen molar-refractivity contribution >= 4 is 65.7 Å². The van der Waals surface area contributed by atoms with Gasteiger partial charge in [-0.3, -0.25) is 0 Å². The number of rotatable bonds is 7. The molecule has 0 heterocycles. The molecule has 0 aromatic heterocycles. The van der Waals surface area contributed by atoms with Crippen LogP contribution in [0.15, 0.2) is 0 Å². The Kier molecular flexibility index (Phi) is 15.1. The van der Waals surface area contributed by atoms with Gasteiger partial charge >= 0.3 is 91.6 Å². The maximum absolute atomic E-state index is 5.81. The van der Waals surface area contributed by atoms with Crippen LogP contribution in [0, 0.1) is 0 Å². The van der Waals surface area contributed by atoms with E-state index in [2.05, 4.69) is 6.92 Å². The second-order valence-corrected chi connectivity index (χ2v) is 24.9. The largest absolute Gasteiger partial charge is 0 e. The average molecular weight is 457 g/mol. The number of halogens is 3. The van der Waals surface area contributed by atoms with Gasteiger partial charge in [0.15, 0.2) is 0 Å². The molecule has 0 aliphatic rings. The van der Waals surface area contributed by atoms with Crippen molar-refractivity contribution in [1.82, 2.24) is 0 Å². The van der Waals surface area contributed by atoms with Crippen LogP contribution in [0.5, 0.6) is 0 Å². The minimum atomic E-state index is -2.96. The molecule has 0 aromatic carbocycles. The Morgan fingerprint density at radius 3 is 1.77 bits per heavy atom. The summed E-state index contributed by atoms with van der Waals surface area (Å²) in [5.41, 5.74) is 0. The molecule has 0 unspecified atom stereocenters. The summed E-state index contributed by atoms with van der Waals surface area (Å²) >= 11 is -2.96. The van der Waals surface area contributed by atoms with Crippen LogP contribution in [0.2, 0.25) is 4.44 Å². The fraction of sp³-hybridized carbons (Fsp3) is 1.00. The molecule has 5 heteroatoms. The Hall–Kier alpha value is 2.47. The zero-order chi connectivity index (χ0) is 9.45. The van der Waals surface area contributed by atoms with E-state index >= 15 is 0 Å². The van der Waals surface area contributed by atoms with Crippen molar-refractivity contribution in [3.63, 3.8) is 0 Å². The molecule has 0 atom stereocenters. The Bertz CT molecular complexity index is 104. The summed E-state index contributed by atoms with van der Waals surface area (Å²) in [7, 11) is 17.4.